The summed E-state index contributed by atoms with van der Waals surface area (Å²) in [6.45, 7) is -0.102. The van der Waals surface area contributed by atoms with E-state index < -0.39 is 24.2 Å². The minimum absolute atomic E-state index is 0.0508. The molecule has 15 heavy (non-hydrogen) atoms. The lowest BCUT2D eigenvalue weighted by Gasteiger charge is -2.32. The first-order valence-corrected chi connectivity index (χ1v) is 4.42. The smallest absolute Gasteiger partial charge is 0.381 e. The summed E-state index contributed by atoms with van der Waals surface area (Å²) in [6, 6.07) is 0. The molecule has 1 aliphatic heterocycles. The van der Waals surface area contributed by atoms with Crippen LogP contribution in [0.2, 0.25) is 0 Å². The number of hydrogen-bond acceptors (Lipinski definition) is 1. The Balaban J connectivity index is 2.71. The van der Waals surface area contributed by atoms with E-state index in [2.05, 4.69) is 0 Å². The van der Waals surface area contributed by atoms with Crippen molar-refractivity contribution in [2.45, 2.75) is 31.1 Å². The van der Waals surface area contributed by atoms with Gasteiger partial charge in [0.2, 0.25) is 0 Å². The van der Waals surface area contributed by atoms with E-state index in [0.29, 0.717) is 0 Å². The molecule has 1 aliphatic rings. The zero-order chi connectivity index (χ0) is 11.7. The maximum Gasteiger partial charge on any atom is 0.425 e. The first-order valence-electron chi connectivity index (χ1n) is 4.42. The van der Waals surface area contributed by atoms with E-state index in [4.69, 9.17) is 4.74 Å². The van der Waals surface area contributed by atoms with Crippen molar-refractivity contribution in [2.75, 3.05) is 13.2 Å². The number of halogens is 6. The van der Waals surface area contributed by atoms with Crippen molar-refractivity contribution in [3.05, 3.63) is 0 Å². The van der Waals surface area contributed by atoms with Gasteiger partial charge in [-0.3, -0.25) is 0 Å². The van der Waals surface area contributed by atoms with E-state index in [1.807, 2.05) is 0 Å². The Hall–Kier alpha value is -0.460. The number of ether oxygens (including phenoxy) is 1. The molecule has 0 spiro atoms. The molecule has 1 heterocycles. The largest absolute Gasteiger partial charge is 0.425 e. The fraction of sp³-hybridized carbons (Fsp3) is 1.00. The molecule has 0 radical (unpaired) electrons. The van der Waals surface area contributed by atoms with Crippen molar-refractivity contribution in [3.63, 3.8) is 0 Å². The van der Waals surface area contributed by atoms with Gasteiger partial charge < -0.3 is 4.74 Å². The molecule has 1 atom stereocenters. The molecule has 1 fully saturated rings. The van der Waals surface area contributed by atoms with Crippen LogP contribution in [0, 0.1) is 5.92 Å². The van der Waals surface area contributed by atoms with Crippen LogP contribution >= 0.6 is 0 Å². The Morgan fingerprint density at radius 1 is 1.00 bits per heavy atom. The molecule has 1 nitrogen and oxygen atoms in total. The minimum atomic E-state index is -5.51. The lowest BCUT2D eigenvalue weighted by Crippen LogP contribution is -2.48. The SMILES string of the molecule is FC(C(F)(F)F)C(F)(F)C1CCOCC1. The Morgan fingerprint density at radius 2 is 1.47 bits per heavy atom. The second kappa shape index (κ2) is 4.19. The van der Waals surface area contributed by atoms with E-state index >= 15 is 0 Å². The molecule has 0 amide bonds. The topological polar surface area (TPSA) is 9.23 Å². The fourth-order valence-corrected chi connectivity index (χ4v) is 1.51. The Labute approximate surface area is 82.4 Å². The summed E-state index contributed by atoms with van der Waals surface area (Å²) in [5.74, 6) is -5.95. The third-order valence-corrected chi connectivity index (χ3v) is 2.39. The molecule has 0 bridgehead atoms. The van der Waals surface area contributed by atoms with E-state index in [-0.39, 0.29) is 26.1 Å². The standard InChI is InChI=1S/C8H10F6O/c9-6(8(12,13)14)7(10,11)5-1-3-15-4-2-5/h5-6H,1-4H2. The highest BCUT2D eigenvalue weighted by Gasteiger charge is 2.60. The van der Waals surface area contributed by atoms with E-state index in [0.717, 1.165) is 0 Å². The van der Waals surface area contributed by atoms with Gasteiger partial charge in [-0.1, -0.05) is 0 Å². The number of alkyl halides is 6. The Morgan fingerprint density at radius 3 is 1.87 bits per heavy atom. The van der Waals surface area contributed by atoms with Gasteiger partial charge in [0, 0.05) is 19.1 Å². The van der Waals surface area contributed by atoms with Gasteiger partial charge in [0.1, 0.15) is 0 Å². The molecule has 1 unspecified atom stereocenters. The predicted molar refractivity (Wildman–Crippen MR) is 39.4 cm³/mol. The summed E-state index contributed by atoms with van der Waals surface area (Å²) in [5, 5.41) is 0. The third-order valence-electron chi connectivity index (χ3n) is 2.39. The fourth-order valence-electron chi connectivity index (χ4n) is 1.51. The number of rotatable bonds is 2. The van der Waals surface area contributed by atoms with Crippen LogP contribution in [0.4, 0.5) is 26.3 Å². The summed E-state index contributed by atoms with van der Waals surface area (Å²) in [5.41, 5.74) is 0. The minimum Gasteiger partial charge on any atom is -0.381 e. The summed E-state index contributed by atoms with van der Waals surface area (Å²) < 4.78 is 78.8. The molecule has 0 saturated carbocycles. The second-order valence-corrected chi connectivity index (χ2v) is 3.47. The van der Waals surface area contributed by atoms with Gasteiger partial charge in [0.05, 0.1) is 0 Å². The van der Waals surface area contributed by atoms with Gasteiger partial charge in [-0.05, 0) is 12.8 Å². The molecule has 0 aliphatic carbocycles. The molecule has 0 N–H and O–H groups in total. The van der Waals surface area contributed by atoms with Crippen molar-refractivity contribution < 1.29 is 31.1 Å². The van der Waals surface area contributed by atoms with E-state index in [1.165, 1.54) is 0 Å². The van der Waals surface area contributed by atoms with E-state index in [1.54, 1.807) is 0 Å². The lowest BCUT2D eigenvalue weighted by atomic mass is 9.90. The van der Waals surface area contributed by atoms with Gasteiger partial charge in [0.25, 0.3) is 12.1 Å². The third kappa shape index (κ3) is 2.76. The Kier molecular flexibility index (Phi) is 3.52. The van der Waals surface area contributed by atoms with Gasteiger partial charge >= 0.3 is 6.18 Å². The Bertz CT molecular complexity index is 208. The van der Waals surface area contributed by atoms with Crippen LogP contribution in [0.15, 0.2) is 0 Å². The normalized spacial score (nSPS) is 22.8. The maximum absolute atomic E-state index is 13.0. The zero-order valence-corrected chi connectivity index (χ0v) is 7.66. The van der Waals surface area contributed by atoms with Crippen molar-refractivity contribution >= 4 is 0 Å². The first kappa shape index (κ1) is 12.6. The van der Waals surface area contributed by atoms with Crippen LogP contribution in [0.3, 0.4) is 0 Å². The molecule has 90 valence electrons. The van der Waals surface area contributed by atoms with E-state index in [9.17, 15) is 26.3 Å². The van der Waals surface area contributed by atoms with Crippen LogP contribution in [0.25, 0.3) is 0 Å². The zero-order valence-electron chi connectivity index (χ0n) is 7.66. The first-order chi connectivity index (χ1) is 6.76. The summed E-state index contributed by atoms with van der Waals surface area (Å²) in [4.78, 5) is 0. The molecule has 1 saturated heterocycles. The van der Waals surface area contributed by atoms with Crippen molar-refractivity contribution in [1.29, 1.82) is 0 Å². The second-order valence-electron chi connectivity index (χ2n) is 3.47. The van der Waals surface area contributed by atoms with Crippen LogP contribution in [-0.2, 0) is 4.74 Å². The van der Waals surface area contributed by atoms with Gasteiger partial charge in [-0.25, -0.2) is 13.2 Å². The van der Waals surface area contributed by atoms with Crippen LogP contribution < -0.4 is 0 Å². The van der Waals surface area contributed by atoms with Crippen molar-refractivity contribution in [1.82, 2.24) is 0 Å². The predicted octanol–water partition coefficient (Wildman–Crippen LogP) is 2.95. The molecular weight excluding hydrogens is 226 g/mol. The van der Waals surface area contributed by atoms with Gasteiger partial charge in [-0.2, -0.15) is 13.2 Å². The highest BCUT2D eigenvalue weighted by atomic mass is 19.4. The highest BCUT2D eigenvalue weighted by molar-refractivity contribution is 4.89. The average molecular weight is 236 g/mol. The maximum atomic E-state index is 13.0. The van der Waals surface area contributed by atoms with Gasteiger partial charge in [0.15, 0.2) is 0 Å². The molecule has 7 heteroatoms. The van der Waals surface area contributed by atoms with Crippen molar-refractivity contribution in [2.24, 2.45) is 5.92 Å². The van der Waals surface area contributed by atoms with Crippen LogP contribution in [0.5, 0.6) is 0 Å². The molecule has 0 aromatic rings. The monoisotopic (exact) mass is 236 g/mol. The molecule has 0 aromatic carbocycles. The van der Waals surface area contributed by atoms with Gasteiger partial charge in [-0.15, -0.1) is 0 Å². The molecule has 1 rings (SSSR count). The average Bonchev–Trinajstić information content (AvgIpc) is 2.16. The highest BCUT2D eigenvalue weighted by Crippen LogP contribution is 2.42. The lowest BCUT2D eigenvalue weighted by molar-refractivity contribution is -0.263. The summed E-state index contributed by atoms with van der Waals surface area (Å²) in [7, 11) is 0. The molecule has 0 aromatic heterocycles. The summed E-state index contributed by atoms with van der Waals surface area (Å²) >= 11 is 0. The summed E-state index contributed by atoms with van der Waals surface area (Å²) in [6.07, 6.45) is -10.1. The number of hydrogen-bond donors (Lipinski definition) is 0. The van der Waals surface area contributed by atoms with Crippen molar-refractivity contribution in [3.8, 4) is 0 Å². The quantitative estimate of drug-likeness (QED) is 0.670. The van der Waals surface area contributed by atoms with Crippen LogP contribution in [0.1, 0.15) is 12.8 Å². The van der Waals surface area contributed by atoms with Crippen LogP contribution in [-0.4, -0.2) is 31.5 Å². The molecular formula is C8H10F6O.